The summed E-state index contributed by atoms with van der Waals surface area (Å²) >= 11 is 0. The second kappa shape index (κ2) is 4.59. The molecule has 0 fully saturated rings. The van der Waals surface area contributed by atoms with Gasteiger partial charge in [0.15, 0.2) is 0 Å². The molecular formula is C5H11N2O. The number of rotatable bonds is 4. The summed E-state index contributed by atoms with van der Waals surface area (Å²) in [6, 6.07) is 0. The Kier molecular flexibility index (Phi) is 4.26. The van der Waals surface area contributed by atoms with Crippen molar-refractivity contribution in [3.63, 3.8) is 0 Å². The van der Waals surface area contributed by atoms with Gasteiger partial charge in [-0.05, 0) is 19.4 Å². The molecule has 0 rings (SSSR count). The standard InChI is InChI=1S/C5H11N2O/c6-4-2-1-3-5(7)8/h1H,2-4,6H2,(H2,7,8). The normalized spacial score (nSPS) is 9.12. The van der Waals surface area contributed by atoms with Gasteiger partial charge in [0.1, 0.15) is 0 Å². The average Bonchev–Trinajstić information content (AvgIpc) is 1.66. The molecule has 1 radical (unpaired) electrons. The zero-order valence-corrected chi connectivity index (χ0v) is 4.76. The summed E-state index contributed by atoms with van der Waals surface area (Å²) in [7, 11) is 0. The van der Waals surface area contributed by atoms with Crippen LogP contribution in [0.3, 0.4) is 0 Å². The lowest BCUT2D eigenvalue weighted by Gasteiger charge is -1.90. The van der Waals surface area contributed by atoms with E-state index in [9.17, 15) is 4.79 Å². The van der Waals surface area contributed by atoms with Gasteiger partial charge in [-0.2, -0.15) is 0 Å². The lowest BCUT2D eigenvalue weighted by Crippen LogP contribution is -2.11. The highest BCUT2D eigenvalue weighted by Gasteiger charge is 1.90. The molecule has 1 amide bonds. The smallest absolute Gasteiger partial charge is 0.217 e. The largest absolute Gasteiger partial charge is 0.370 e. The molecule has 0 spiro atoms. The molecule has 0 aliphatic carbocycles. The third-order valence-electron chi connectivity index (χ3n) is 0.716. The van der Waals surface area contributed by atoms with Crippen LogP contribution in [0, 0.1) is 6.42 Å². The maximum atomic E-state index is 10.0. The van der Waals surface area contributed by atoms with Crippen LogP contribution in [0.15, 0.2) is 0 Å². The number of nitrogens with two attached hydrogens (primary N) is 2. The third kappa shape index (κ3) is 5.43. The molecule has 0 aromatic heterocycles. The van der Waals surface area contributed by atoms with E-state index in [2.05, 4.69) is 0 Å². The lowest BCUT2D eigenvalue weighted by atomic mass is 10.2. The number of amides is 1. The fourth-order valence-corrected chi connectivity index (χ4v) is 0.362. The molecule has 0 atom stereocenters. The van der Waals surface area contributed by atoms with Gasteiger partial charge in [0, 0.05) is 6.42 Å². The van der Waals surface area contributed by atoms with Gasteiger partial charge < -0.3 is 11.5 Å². The number of carbonyl (C=O) groups excluding carboxylic acids is 1. The van der Waals surface area contributed by atoms with E-state index in [0.717, 1.165) is 6.42 Å². The van der Waals surface area contributed by atoms with Crippen LogP contribution in [0.25, 0.3) is 0 Å². The summed E-state index contributed by atoms with van der Waals surface area (Å²) < 4.78 is 0. The number of carbonyl (C=O) groups is 1. The molecule has 0 aliphatic heterocycles. The maximum Gasteiger partial charge on any atom is 0.217 e. The minimum Gasteiger partial charge on any atom is -0.370 e. The topological polar surface area (TPSA) is 69.1 Å². The van der Waals surface area contributed by atoms with Crippen LogP contribution in [0.4, 0.5) is 0 Å². The zero-order valence-electron chi connectivity index (χ0n) is 4.76. The van der Waals surface area contributed by atoms with Crippen molar-refractivity contribution in [3.05, 3.63) is 6.42 Å². The van der Waals surface area contributed by atoms with E-state index < -0.39 is 0 Å². The van der Waals surface area contributed by atoms with Crippen LogP contribution in [-0.2, 0) is 4.79 Å². The minimum absolute atomic E-state index is 0.293. The quantitative estimate of drug-likeness (QED) is 0.481. The van der Waals surface area contributed by atoms with Gasteiger partial charge in [-0.15, -0.1) is 0 Å². The molecule has 8 heavy (non-hydrogen) atoms. The summed E-state index contributed by atoms with van der Waals surface area (Å²) in [4.78, 5) is 10.0. The number of primary amides is 1. The second-order valence-corrected chi connectivity index (χ2v) is 1.54. The summed E-state index contributed by atoms with van der Waals surface area (Å²) in [6.07, 6.45) is 2.89. The Labute approximate surface area is 49.0 Å². The van der Waals surface area contributed by atoms with E-state index in [4.69, 9.17) is 11.5 Å². The summed E-state index contributed by atoms with van der Waals surface area (Å²) in [5.41, 5.74) is 9.95. The molecule has 0 heterocycles. The Morgan fingerprint density at radius 3 is 2.62 bits per heavy atom. The summed E-state index contributed by atoms with van der Waals surface area (Å²) in [5, 5.41) is 0. The molecule has 0 saturated heterocycles. The van der Waals surface area contributed by atoms with Crippen molar-refractivity contribution in [1.82, 2.24) is 0 Å². The van der Waals surface area contributed by atoms with Gasteiger partial charge >= 0.3 is 0 Å². The van der Waals surface area contributed by atoms with Crippen LogP contribution < -0.4 is 11.5 Å². The molecule has 0 bridgehead atoms. The first-order chi connectivity index (χ1) is 3.77. The zero-order chi connectivity index (χ0) is 6.41. The van der Waals surface area contributed by atoms with E-state index >= 15 is 0 Å². The molecular weight excluding hydrogens is 104 g/mol. The van der Waals surface area contributed by atoms with Crippen molar-refractivity contribution in [2.45, 2.75) is 12.8 Å². The Morgan fingerprint density at radius 2 is 2.25 bits per heavy atom. The lowest BCUT2D eigenvalue weighted by molar-refractivity contribution is -0.117. The van der Waals surface area contributed by atoms with Crippen LogP contribution in [0.5, 0.6) is 0 Å². The number of unbranched alkanes of at least 4 members (excludes halogenated alkanes) is 1. The molecule has 0 aromatic rings. The fourth-order valence-electron chi connectivity index (χ4n) is 0.362. The Morgan fingerprint density at radius 1 is 1.62 bits per heavy atom. The highest BCUT2D eigenvalue weighted by Crippen LogP contribution is 1.88. The molecule has 0 unspecified atom stereocenters. The van der Waals surface area contributed by atoms with Crippen LogP contribution in [0.1, 0.15) is 12.8 Å². The van der Waals surface area contributed by atoms with Crippen molar-refractivity contribution >= 4 is 5.91 Å². The molecule has 3 heteroatoms. The monoisotopic (exact) mass is 115 g/mol. The SMILES string of the molecule is NCC[CH]CC(N)=O. The van der Waals surface area contributed by atoms with Gasteiger partial charge in [0.05, 0.1) is 0 Å². The Balaban J connectivity index is 2.82. The van der Waals surface area contributed by atoms with Crippen molar-refractivity contribution in [3.8, 4) is 0 Å². The van der Waals surface area contributed by atoms with E-state index in [1.165, 1.54) is 0 Å². The van der Waals surface area contributed by atoms with Crippen molar-refractivity contribution < 1.29 is 4.79 Å². The molecule has 0 aromatic carbocycles. The average molecular weight is 115 g/mol. The van der Waals surface area contributed by atoms with Gasteiger partial charge in [-0.25, -0.2) is 0 Å². The molecule has 0 aliphatic rings. The van der Waals surface area contributed by atoms with Gasteiger partial charge in [0.25, 0.3) is 0 Å². The van der Waals surface area contributed by atoms with Gasteiger partial charge in [0.2, 0.25) is 5.91 Å². The van der Waals surface area contributed by atoms with Gasteiger partial charge in [-0.3, -0.25) is 4.79 Å². The molecule has 4 N–H and O–H groups in total. The number of hydrogen-bond acceptors (Lipinski definition) is 2. The Hall–Kier alpha value is -0.570. The van der Waals surface area contributed by atoms with E-state index in [1.54, 1.807) is 6.42 Å². The van der Waals surface area contributed by atoms with E-state index in [1.807, 2.05) is 0 Å². The van der Waals surface area contributed by atoms with Crippen molar-refractivity contribution in [2.24, 2.45) is 11.5 Å². The first-order valence-corrected chi connectivity index (χ1v) is 2.57. The predicted molar refractivity (Wildman–Crippen MR) is 31.8 cm³/mol. The summed E-state index contributed by atoms with van der Waals surface area (Å²) in [6.45, 7) is 0.591. The van der Waals surface area contributed by atoms with Crippen LogP contribution in [0.2, 0.25) is 0 Å². The van der Waals surface area contributed by atoms with Crippen LogP contribution >= 0.6 is 0 Å². The highest BCUT2D eigenvalue weighted by atomic mass is 16.1. The summed E-state index contributed by atoms with van der Waals surface area (Å²) in [5.74, 6) is -0.293. The first-order valence-electron chi connectivity index (χ1n) is 2.57. The maximum absolute atomic E-state index is 10.0. The first kappa shape index (κ1) is 7.43. The minimum atomic E-state index is -0.293. The van der Waals surface area contributed by atoms with Crippen molar-refractivity contribution in [1.29, 1.82) is 0 Å². The molecule has 47 valence electrons. The van der Waals surface area contributed by atoms with E-state index in [0.29, 0.717) is 13.0 Å². The molecule has 0 saturated carbocycles. The fraction of sp³-hybridized carbons (Fsp3) is 0.600. The Bertz CT molecular complexity index is 72.8. The third-order valence-corrected chi connectivity index (χ3v) is 0.716. The number of hydrogen-bond donors (Lipinski definition) is 2. The predicted octanol–water partition coefficient (Wildman–Crippen LogP) is -0.585. The van der Waals surface area contributed by atoms with Crippen LogP contribution in [-0.4, -0.2) is 12.5 Å². The van der Waals surface area contributed by atoms with Crippen molar-refractivity contribution in [2.75, 3.05) is 6.54 Å². The highest BCUT2D eigenvalue weighted by molar-refractivity contribution is 5.74. The van der Waals surface area contributed by atoms with E-state index in [-0.39, 0.29) is 5.91 Å². The second-order valence-electron chi connectivity index (χ2n) is 1.54. The van der Waals surface area contributed by atoms with Gasteiger partial charge in [-0.1, -0.05) is 0 Å². The molecule has 3 nitrogen and oxygen atoms in total.